The summed E-state index contributed by atoms with van der Waals surface area (Å²) < 4.78 is 0. The fourth-order valence-corrected chi connectivity index (χ4v) is 2.22. The Morgan fingerprint density at radius 2 is 2.20 bits per heavy atom. The van der Waals surface area contributed by atoms with Crippen molar-refractivity contribution in [2.75, 3.05) is 0 Å². The summed E-state index contributed by atoms with van der Waals surface area (Å²) in [6.45, 7) is 0. The summed E-state index contributed by atoms with van der Waals surface area (Å²) in [5, 5.41) is 8.74. The van der Waals surface area contributed by atoms with E-state index in [0.717, 1.165) is 18.8 Å². The molecule has 2 heteroatoms. The van der Waals surface area contributed by atoms with Gasteiger partial charge in [-0.15, -0.1) is 0 Å². The zero-order valence-corrected chi connectivity index (χ0v) is 5.92. The Balaban J connectivity index is 2.02. The van der Waals surface area contributed by atoms with Crippen molar-refractivity contribution in [2.45, 2.75) is 25.7 Å². The Labute approximate surface area is 60.2 Å². The number of hydrogen-bond donors (Lipinski definition) is 1. The monoisotopic (exact) mass is 140 g/mol. The average molecular weight is 140 g/mol. The first-order valence-corrected chi connectivity index (χ1v) is 4.02. The molecule has 2 aliphatic rings. The van der Waals surface area contributed by atoms with Crippen molar-refractivity contribution in [1.29, 1.82) is 0 Å². The fourth-order valence-electron chi connectivity index (χ4n) is 2.22. The zero-order valence-electron chi connectivity index (χ0n) is 5.92. The van der Waals surface area contributed by atoms with Gasteiger partial charge in [-0.3, -0.25) is 4.79 Å². The van der Waals surface area contributed by atoms with Crippen LogP contribution in [0.3, 0.4) is 0 Å². The number of carboxylic acids is 1. The molecular formula is C8H12O2. The van der Waals surface area contributed by atoms with Crippen molar-refractivity contribution < 1.29 is 9.90 Å². The molecule has 2 nitrogen and oxygen atoms in total. The summed E-state index contributed by atoms with van der Waals surface area (Å²) >= 11 is 0. The number of carboxylic acid groups (broad SMARTS) is 1. The molecule has 0 unspecified atom stereocenters. The molecular weight excluding hydrogens is 128 g/mol. The normalized spacial score (nSPS) is 44.2. The molecule has 2 rings (SSSR count). The van der Waals surface area contributed by atoms with E-state index < -0.39 is 5.97 Å². The van der Waals surface area contributed by atoms with Crippen LogP contribution in [0.5, 0.6) is 0 Å². The van der Waals surface area contributed by atoms with Crippen LogP contribution in [0.25, 0.3) is 0 Å². The lowest BCUT2D eigenvalue weighted by molar-refractivity contribution is -0.143. The number of rotatable bonds is 1. The summed E-state index contributed by atoms with van der Waals surface area (Å²) in [6.07, 6.45) is 4.54. The van der Waals surface area contributed by atoms with E-state index in [0.29, 0.717) is 5.92 Å². The molecule has 0 aromatic rings. The van der Waals surface area contributed by atoms with Crippen LogP contribution >= 0.6 is 0 Å². The van der Waals surface area contributed by atoms with E-state index >= 15 is 0 Å². The van der Waals surface area contributed by atoms with Gasteiger partial charge in [0.25, 0.3) is 0 Å². The SMILES string of the molecule is O=C(O)[C@@H]1CCC[C@@H]2C[C@@H]21. The third-order valence-electron chi connectivity index (χ3n) is 2.90. The van der Waals surface area contributed by atoms with Crippen molar-refractivity contribution in [3.63, 3.8) is 0 Å². The van der Waals surface area contributed by atoms with E-state index in [-0.39, 0.29) is 5.92 Å². The smallest absolute Gasteiger partial charge is 0.306 e. The van der Waals surface area contributed by atoms with Crippen LogP contribution in [0.2, 0.25) is 0 Å². The molecule has 0 radical (unpaired) electrons. The summed E-state index contributed by atoms with van der Waals surface area (Å²) in [5.74, 6) is 0.798. The van der Waals surface area contributed by atoms with Crippen molar-refractivity contribution >= 4 is 5.97 Å². The quantitative estimate of drug-likeness (QED) is 0.599. The van der Waals surface area contributed by atoms with E-state index in [1.54, 1.807) is 0 Å². The maximum Gasteiger partial charge on any atom is 0.306 e. The first kappa shape index (κ1) is 6.20. The molecule has 0 amide bonds. The second kappa shape index (κ2) is 1.97. The summed E-state index contributed by atoms with van der Waals surface area (Å²) in [4.78, 5) is 10.6. The third kappa shape index (κ3) is 0.825. The number of carbonyl (C=O) groups is 1. The number of hydrogen-bond acceptors (Lipinski definition) is 1. The highest BCUT2D eigenvalue weighted by Crippen LogP contribution is 2.52. The lowest BCUT2D eigenvalue weighted by Crippen LogP contribution is -2.19. The summed E-state index contributed by atoms with van der Waals surface area (Å²) in [6, 6.07) is 0. The molecule has 56 valence electrons. The van der Waals surface area contributed by atoms with Gasteiger partial charge in [0.1, 0.15) is 0 Å². The van der Waals surface area contributed by atoms with Crippen molar-refractivity contribution in [1.82, 2.24) is 0 Å². The first-order valence-electron chi connectivity index (χ1n) is 4.02. The van der Waals surface area contributed by atoms with E-state index in [1.807, 2.05) is 0 Å². The average Bonchev–Trinajstić information content (AvgIpc) is 2.63. The van der Waals surface area contributed by atoms with Crippen LogP contribution in [0.4, 0.5) is 0 Å². The van der Waals surface area contributed by atoms with Crippen LogP contribution in [0.1, 0.15) is 25.7 Å². The Hall–Kier alpha value is -0.530. The fraction of sp³-hybridized carbons (Fsp3) is 0.875. The molecule has 0 aliphatic heterocycles. The largest absolute Gasteiger partial charge is 0.481 e. The molecule has 0 spiro atoms. The van der Waals surface area contributed by atoms with Crippen LogP contribution in [0.15, 0.2) is 0 Å². The predicted octanol–water partition coefficient (Wildman–Crippen LogP) is 1.51. The standard InChI is InChI=1S/C8H12O2/c9-8(10)6-3-1-2-5-4-7(5)6/h5-7H,1-4H2,(H,9,10)/t5-,6-,7+/m1/s1. The van der Waals surface area contributed by atoms with Crippen molar-refractivity contribution in [3.8, 4) is 0 Å². The van der Waals surface area contributed by atoms with E-state index in [2.05, 4.69) is 0 Å². The van der Waals surface area contributed by atoms with Gasteiger partial charge in [0.05, 0.1) is 5.92 Å². The topological polar surface area (TPSA) is 37.3 Å². The molecule has 1 N–H and O–H groups in total. The molecule has 2 aliphatic carbocycles. The molecule has 0 aromatic carbocycles. The van der Waals surface area contributed by atoms with Crippen LogP contribution in [-0.2, 0) is 4.79 Å². The minimum Gasteiger partial charge on any atom is -0.481 e. The van der Waals surface area contributed by atoms with Gasteiger partial charge < -0.3 is 5.11 Å². The number of aliphatic carboxylic acids is 1. The zero-order chi connectivity index (χ0) is 7.14. The van der Waals surface area contributed by atoms with Gasteiger partial charge in [0, 0.05) is 0 Å². The van der Waals surface area contributed by atoms with Gasteiger partial charge in [-0.2, -0.15) is 0 Å². The number of fused-ring (bicyclic) bond motifs is 1. The lowest BCUT2D eigenvalue weighted by atomic mass is 9.89. The lowest BCUT2D eigenvalue weighted by Gasteiger charge is -2.16. The predicted molar refractivity (Wildman–Crippen MR) is 36.6 cm³/mol. The Morgan fingerprint density at radius 1 is 1.40 bits per heavy atom. The van der Waals surface area contributed by atoms with E-state index in [4.69, 9.17) is 5.11 Å². The molecule has 3 atom stereocenters. The van der Waals surface area contributed by atoms with Gasteiger partial charge in [-0.25, -0.2) is 0 Å². The Bertz CT molecular complexity index is 165. The van der Waals surface area contributed by atoms with Crippen molar-refractivity contribution in [3.05, 3.63) is 0 Å². The minimum absolute atomic E-state index is 0.0127. The maximum atomic E-state index is 10.6. The highest BCUT2D eigenvalue weighted by Gasteiger charge is 2.47. The highest BCUT2D eigenvalue weighted by molar-refractivity contribution is 5.71. The summed E-state index contributed by atoms with van der Waals surface area (Å²) in [7, 11) is 0. The van der Waals surface area contributed by atoms with Gasteiger partial charge in [-0.1, -0.05) is 12.8 Å². The summed E-state index contributed by atoms with van der Waals surface area (Å²) in [5.41, 5.74) is 0. The second-order valence-electron chi connectivity index (χ2n) is 3.54. The van der Waals surface area contributed by atoms with Gasteiger partial charge >= 0.3 is 5.97 Å². The third-order valence-corrected chi connectivity index (χ3v) is 2.90. The van der Waals surface area contributed by atoms with Crippen LogP contribution < -0.4 is 0 Å². The highest BCUT2D eigenvalue weighted by atomic mass is 16.4. The first-order chi connectivity index (χ1) is 4.79. The van der Waals surface area contributed by atoms with Crippen LogP contribution in [-0.4, -0.2) is 11.1 Å². The molecule has 0 saturated heterocycles. The molecule has 2 saturated carbocycles. The van der Waals surface area contributed by atoms with Gasteiger partial charge in [0.15, 0.2) is 0 Å². The Morgan fingerprint density at radius 3 is 2.80 bits per heavy atom. The molecule has 0 bridgehead atoms. The molecule has 10 heavy (non-hydrogen) atoms. The minimum atomic E-state index is -0.563. The molecule has 2 fully saturated rings. The second-order valence-corrected chi connectivity index (χ2v) is 3.54. The van der Waals surface area contributed by atoms with Crippen LogP contribution in [0, 0.1) is 17.8 Å². The Kier molecular flexibility index (Phi) is 1.22. The molecule has 0 aromatic heterocycles. The van der Waals surface area contributed by atoms with Crippen molar-refractivity contribution in [2.24, 2.45) is 17.8 Å². The van der Waals surface area contributed by atoms with Gasteiger partial charge in [0.2, 0.25) is 0 Å². The molecule has 0 heterocycles. The van der Waals surface area contributed by atoms with E-state index in [1.165, 1.54) is 12.8 Å². The van der Waals surface area contributed by atoms with Gasteiger partial charge in [-0.05, 0) is 24.7 Å². The maximum absolute atomic E-state index is 10.6. The van der Waals surface area contributed by atoms with E-state index in [9.17, 15) is 4.79 Å².